The Kier molecular flexibility index (Phi) is 4.31. The Morgan fingerprint density at radius 3 is 2.13 bits per heavy atom. The molecule has 0 saturated heterocycles. The molecule has 3 nitrogen and oxygen atoms in total. The van der Waals surface area contributed by atoms with Gasteiger partial charge in [0.05, 0.1) is 5.92 Å². The van der Waals surface area contributed by atoms with Crippen LogP contribution in [0.5, 0.6) is 0 Å². The summed E-state index contributed by atoms with van der Waals surface area (Å²) in [6.45, 7) is 3.51. The van der Waals surface area contributed by atoms with Gasteiger partial charge in [0.15, 0.2) is 0 Å². The highest BCUT2D eigenvalue weighted by Crippen LogP contribution is 2.18. The van der Waals surface area contributed by atoms with E-state index in [1.54, 1.807) is 13.8 Å². The predicted molar refractivity (Wildman–Crippen MR) is 59.2 cm³/mol. The van der Waals surface area contributed by atoms with Gasteiger partial charge in [-0.2, -0.15) is 0 Å². The van der Waals surface area contributed by atoms with E-state index < -0.39 is 0 Å². The Hall–Kier alpha value is -1.35. The Balaban J connectivity index is 0.000000150. The molecule has 0 amide bonds. The molecule has 0 aliphatic heterocycles. The van der Waals surface area contributed by atoms with Crippen molar-refractivity contribution in [3.63, 3.8) is 0 Å². The second-order valence-corrected chi connectivity index (χ2v) is 3.78. The van der Waals surface area contributed by atoms with Crippen LogP contribution >= 0.6 is 0 Å². The minimum atomic E-state index is -0.243. The van der Waals surface area contributed by atoms with Crippen molar-refractivity contribution in [3.05, 3.63) is 35.4 Å². The van der Waals surface area contributed by atoms with E-state index in [2.05, 4.69) is 29.0 Å². The van der Waals surface area contributed by atoms with Gasteiger partial charge in [-0.25, -0.2) is 0 Å². The first kappa shape index (κ1) is 11.7. The first-order valence-electron chi connectivity index (χ1n) is 5.08. The summed E-state index contributed by atoms with van der Waals surface area (Å²) >= 11 is 0. The standard InChI is InChI=1S/C7H6.C5H11NO2/c1-2-6-4-7(3-1)5-6;1-4(2)5(7)8-3-6/h1-4H,5H2;4H,3,6H2,1-2H3. The second kappa shape index (κ2) is 5.51. The van der Waals surface area contributed by atoms with Gasteiger partial charge in [0.1, 0.15) is 6.73 Å². The summed E-state index contributed by atoms with van der Waals surface area (Å²) in [7, 11) is 0. The van der Waals surface area contributed by atoms with E-state index in [-0.39, 0.29) is 18.6 Å². The van der Waals surface area contributed by atoms with Crippen LogP contribution in [-0.2, 0) is 16.0 Å². The summed E-state index contributed by atoms with van der Waals surface area (Å²) in [4.78, 5) is 10.4. The minimum Gasteiger partial charge on any atom is -0.450 e. The Morgan fingerprint density at radius 1 is 1.47 bits per heavy atom. The van der Waals surface area contributed by atoms with Crippen molar-refractivity contribution >= 4 is 5.97 Å². The first-order valence-corrected chi connectivity index (χ1v) is 5.08. The summed E-state index contributed by atoms with van der Waals surface area (Å²) in [6.07, 6.45) is 1.22. The molecule has 2 aliphatic rings. The van der Waals surface area contributed by atoms with Crippen molar-refractivity contribution in [2.24, 2.45) is 11.7 Å². The van der Waals surface area contributed by atoms with Crippen molar-refractivity contribution in [1.29, 1.82) is 0 Å². The van der Waals surface area contributed by atoms with E-state index in [9.17, 15) is 4.79 Å². The maximum Gasteiger partial charge on any atom is 0.309 e. The lowest BCUT2D eigenvalue weighted by Gasteiger charge is -2.11. The van der Waals surface area contributed by atoms with Crippen molar-refractivity contribution < 1.29 is 9.53 Å². The number of carbonyl (C=O) groups excluding carboxylic acids is 1. The Labute approximate surface area is 90.2 Å². The van der Waals surface area contributed by atoms with Crippen LogP contribution in [-0.4, -0.2) is 12.7 Å². The normalized spacial score (nSPS) is 11.2. The molecule has 0 saturated carbocycles. The molecule has 0 unspecified atom stereocenters. The molecule has 0 heterocycles. The average Bonchev–Trinajstić information content (AvgIpc) is 2.19. The van der Waals surface area contributed by atoms with Gasteiger partial charge in [-0.1, -0.05) is 38.1 Å². The number of rotatable bonds is 2. The fraction of sp³-hybridized carbons (Fsp3) is 0.417. The Bertz CT molecular complexity index is 309. The number of esters is 1. The van der Waals surface area contributed by atoms with Crippen LogP contribution in [0.25, 0.3) is 0 Å². The number of nitrogens with two attached hydrogens (primary N) is 1. The molecule has 82 valence electrons. The highest BCUT2D eigenvalue weighted by molar-refractivity contribution is 5.71. The van der Waals surface area contributed by atoms with E-state index in [0.29, 0.717) is 0 Å². The second-order valence-electron chi connectivity index (χ2n) is 3.78. The quantitative estimate of drug-likeness (QED) is 0.602. The number of hydrogen-bond acceptors (Lipinski definition) is 3. The van der Waals surface area contributed by atoms with Gasteiger partial charge in [0.2, 0.25) is 0 Å². The largest absolute Gasteiger partial charge is 0.450 e. The van der Waals surface area contributed by atoms with Gasteiger partial charge in [0.25, 0.3) is 0 Å². The third-order valence-corrected chi connectivity index (χ3v) is 2.10. The zero-order valence-electron chi connectivity index (χ0n) is 9.19. The number of hydrogen-bond donors (Lipinski definition) is 1. The lowest BCUT2D eigenvalue weighted by atomic mass is 9.94. The van der Waals surface area contributed by atoms with Crippen LogP contribution in [0, 0.1) is 5.92 Å². The van der Waals surface area contributed by atoms with Crippen LogP contribution in [0.15, 0.2) is 24.3 Å². The maximum absolute atomic E-state index is 10.4. The van der Waals surface area contributed by atoms with E-state index in [1.807, 2.05) is 0 Å². The van der Waals surface area contributed by atoms with E-state index in [0.717, 1.165) is 0 Å². The lowest BCUT2D eigenvalue weighted by Crippen LogP contribution is -2.16. The van der Waals surface area contributed by atoms with Crippen molar-refractivity contribution in [2.45, 2.75) is 20.3 Å². The third-order valence-electron chi connectivity index (χ3n) is 2.10. The number of carbonyl (C=O) groups is 1. The molecule has 2 bridgehead atoms. The third kappa shape index (κ3) is 3.72. The molecule has 0 fully saturated rings. The molecule has 0 spiro atoms. The highest BCUT2D eigenvalue weighted by Gasteiger charge is 2.05. The number of fused-ring (bicyclic) bond motifs is 2. The van der Waals surface area contributed by atoms with Gasteiger partial charge in [0, 0.05) is 0 Å². The van der Waals surface area contributed by atoms with Crippen molar-refractivity contribution in [2.75, 3.05) is 6.73 Å². The topological polar surface area (TPSA) is 52.3 Å². The van der Waals surface area contributed by atoms with Crippen LogP contribution in [0.1, 0.15) is 25.0 Å². The van der Waals surface area contributed by atoms with Gasteiger partial charge in [-0.05, 0) is 17.5 Å². The minimum absolute atomic E-state index is 0.0169. The van der Waals surface area contributed by atoms with E-state index in [1.165, 1.54) is 17.5 Å². The summed E-state index contributed by atoms with van der Waals surface area (Å²) in [5.74, 6) is -0.314. The zero-order chi connectivity index (χ0) is 11.3. The monoisotopic (exact) mass is 207 g/mol. The zero-order valence-corrected chi connectivity index (χ0v) is 9.19. The van der Waals surface area contributed by atoms with Crippen LogP contribution < -0.4 is 5.73 Å². The van der Waals surface area contributed by atoms with Crippen molar-refractivity contribution in [3.8, 4) is 0 Å². The first-order chi connectivity index (χ1) is 7.13. The molecule has 15 heavy (non-hydrogen) atoms. The molecule has 0 aromatic heterocycles. The van der Waals surface area contributed by atoms with E-state index in [4.69, 9.17) is 5.73 Å². The summed E-state index contributed by atoms with van der Waals surface area (Å²) < 4.78 is 4.44. The fourth-order valence-corrected chi connectivity index (χ4v) is 1.20. The molecule has 1 aromatic rings. The van der Waals surface area contributed by atoms with Crippen molar-refractivity contribution in [1.82, 2.24) is 0 Å². The lowest BCUT2D eigenvalue weighted by molar-refractivity contribution is -0.147. The molecule has 0 atom stereocenters. The number of ether oxygens (including phenoxy) is 1. The molecule has 3 heteroatoms. The predicted octanol–water partition coefficient (Wildman–Crippen LogP) is 1.69. The fourth-order valence-electron chi connectivity index (χ4n) is 1.20. The number of benzene rings is 1. The van der Waals surface area contributed by atoms with Crippen LogP contribution in [0.3, 0.4) is 0 Å². The maximum atomic E-state index is 10.4. The van der Waals surface area contributed by atoms with E-state index >= 15 is 0 Å². The molecular formula is C12H17NO2. The molecule has 2 N–H and O–H groups in total. The molecular weight excluding hydrogens is 190 g/mol. The summed E-state index contributed by atoms with van der Waals surface area (Å²) in [5, 5.41) is 0. The van der Waals surface area contributed by atoms with Crippen LogP contribution in [0.4, 0.5) is 0 Å². The van der Waals surface area contributed by atoms with Gasteiger partial charge >= 0.3 is 5.97 Å². The average molecular weight is 207 g/mol. The SMILES string of the molecule is CC(C)C(=O)OCN.c1cc2cc(c1)C2. The van der Waals surface area contributed by atoms with Gasteiger partial charge < -0.3 is 4.74 Å². The summed E-state index contributed by atoms with van der Waals surface area (Å²) in [5.41, 5.74) is 7.89. The molecule has 0 radical (unpaired) electrons. The van der Waals surface area contributed by atoms with Gasteiger partial charge in [-0.3, -0.25) is 10.5 Å². The van der Waals surface area contributed by atoms with Gasteiger partial charge in [-0.15, -0.1) is 0 Å². The Morgan fingerprint density at radius 2 is 2.00 bits per heavy atom. The molecule has 1 aromatic carbocycles. The smallest absolute Gasteiger partial charge is 0.309 e. The highest BCUT2D eigenvalue weighted by atomic mass is 16.5. The summed E-state index contributed by atoms with van der Waals surface area (Å²) in [6, 6.07) is 8.65. The van der Waals surface area contributed by atoms with Crippen LogP contribution in [0.2, 0.25) is 0 Å². The molecule has 2 aliphatic carbocycles. The molecule has 3 rings (SSSR count).